The second kappa shape index (κ2) is 5.36. The van der Waals surface area contributed by atoms with Crippen molar-refractivity contribution >= 4 is 17.7 Å². The minimum atomic E-state index is -0.0197. The Kier molecular flexibility index (Phi) is 3.84. The van der Waals surface area contributed by atoms with Gasteiger partial charge in [-0.15, -0.1) is 11.8 Å². The van der Waals surface area contributed by atoms with Gasteiger partial charge in [0.1, 0.15) is 0 Å². The Hall–Kier alpha value is -1.01. The first-order valence-corrected chi connectivity index (χ1v) is 6.48. The van der Waals surface area contributed by atoms with Crippen LogP contribution in [0.25, 0.3) is 0 Å². The maximum absolute atomic E-state index is 11.6. The summed E-state index contributed by atoms with van der Waals surface area (Å²) in [6.07, 6.45) is 2.69. The third-order valence-corrected chi connectivity index (χ3v) is 3.42. The number of carbonyl (C=O) groups excluding carboxylic acids is 1. The lowest BCUT2D eigenvalue weighted by Gasteiger charge is -2.09. The van der Waals surface area contributed by atoms with Crippen molar-refractivity contribution in [3.05, 3.63) is 18.0 Å². The summed E-state index contributed by atoms with van der Waals surface area (Å²) >= 11 is 1.76. The van der Waals surface area contributed by atoms with Crippen molar-refractivity contribution in [2.45, 2.75) is 12.5 Å². The highest BCUT2D eigenvalue weighted by atomic mass is 32.2. The Labute approximate surface area is 99.0 Å². The highest BCUT2D eigenvalue weighted by Crippen LogP contribution is 2.09. The van der Waals surface area contributed by atoms with E-state index in [0.717, 1.165) is 23.7 Å². The van der Waals surface area contributed by atoms with Crippen LogP contribution in [0.5, 0.6) is 0 Å². The molecule has 6 heteroatoms. The number of aromatic nitrogens is 2. The highest BCUT2D eigenvalue weighted by Gasteiger charge is 2.21. The van der Waals surface area contributed by atoms with Gasteiger partial charge < -0.3 is 5.32 Å². The Morgan fingerprint density at radius 2 is 2.69 bits per heavy atom. The monoisotopic (exact) mass is 240 g/mol. The van der Waals surface area contributed by atoms with Crippen molar-refractivity contribution in [1.29, 1.82) is 0 Å². The van der Waals surface area contributed by atoms with Crippen LogP contribution in [0.1, 0.15) is 5.69 Å². The number of nitrogens with one attached hydrogen (secondary N) is 2. The molecular formula is C10H16N4OS. The number of amides is 1. The molecule has 0 aliphatic carbocycles. The van der Waals surface area contributed by atoms with Crippen molar-refractivity contribution in [1.82, 2.24) is 20.4 Å². The maximum atomic E-state index is 11.6. The molecule has 0 saturated carbocycles. The van der Waals surface area contributed by atoms with Crippen LogP contribution >= 0.6 is 11.8 Å². The van der Waals surface area contributed by atoms with Crippen molar-refractivity contribution in [3.8, 4) is 0 Å². The zero-order chi connectivity index (χ0) is 11.4. The van der Waals surface area contributed by atoms with Gasteiger partial charge in [-0.3, -0.25) is 14.8 Å². The molecule has 1 unspecified atom stereocenters. The summed E-state index contributed by atoms with van der Waals surface area (Å²) in [7, 11) is 1.89. The third-order valence-electron chi connectivity index (χ3n) is 2.48. The molecule has 0 aromatic carbocycles. The molecule has 1 atom stereocenters. The first-order chi connectivity index (χ1) is 7.75. The Morgan fingerprint density at radius 3 is 3.31 bits per heavy atom. The summed E-state index contributed by atoms with van der Waals surface area (Å²) in [4.78, 5) is 11.6. The Balaban J connectivity index is 1.69. The second-order valence-electron chi connectivity index (χ2n) is 3.79. The van der Waals surface area contributed by atoms with E-state index in [2.05, 4.69) is 15.7 Å². The number of rotatable bonds is 4. The van der Waals surface area contributed by atoms with Crippen LogP contribution in [-0.4, -0.2) is 39.9 Å². The molecule has 1 aliphatic rings. The van der Waals surface area contributed by atoms with Crippen LogP contribution in [-0.2, 0) is 18.3 Å². The molecule has 88 valence electrons. The van der Waals surface area contributed by atoms with Gasteiger partial charge in [0.15, 0.2) is 0 Å². The summed E-state index contributed by atoms with van der Waals surface area (Å²) in [5.74, 6) is 1.84. The van der Waals surface area contributed by atoms with E-state index in [1.165, 1.54) is 0 Å². The van der Waals surface area contributed by atoms with Gasteiger partial charge in [-0.05, 0) is 6.07 Å². The van der Waals surface area contributed by atoms with Crippen molar-refractivity contribution in [2.75, 3.05) is 18.2 Å². The fourth-order valence-electron chi connectivity index (χ4n) is 1.60. The summed E-state index contributed by atoms with van der Waals surface area (Å²) in [5.41, 5.74) is 1.01. The molecule has 0 spiro atoms. The van der Waals surface area contributed by atoms with Crippen molar-refractivity contribution in [2.24, 2.45) is 7.05 Å². The number of hydrogen-bond donors (Lipinski definition) is 2. The van der Waals surface area contributed by atoms with Gasteiger partial charge >= 0.3 is 0 Å². The average molecular weight is 240 g/mol. The molecular weight excluding hydrogens is 224 g/mol. The van der Waals surface area contributed by atoms with Crippen LogP contribution in [0.3, 0.4) is 0 Å². The molecule has 1 fully saturated rings. The van der Waals surface area contributed by atoms with Gasteiger partial charge in [-0.1, -0.05) is 0 Å². The molecule has 2 rings (SSSR count). The van der Waals surface area contributed by atoms with E-state index in [9.17, 15) is 4.79 Å². The predicted molar refractivity (Wildman–Crippen MR) is 64.2 cm³/mol. The molecule has 5 nitrogen and oxygen atoms in total. The van der Waals surface area contributed by atoms with Gasteiger partial charge in [0.05, 0.1) is 11.7 Å². The van der Waals surface area contributed by atoms with Gasteiger partial charge in [-0.2, -0.15) is 5.10 Å². The summed E-state index contributed by atoms with van der Waals surface area (Å²) in [6, 6.07) is 1.95. The summed E-state index contributed by atoms with van der Waals surface area (Å²) in [5, 5.41) is 10.3. The SMILES string of the molecule is Cn1ccc(CCNC(=O)C2CSCN2)n1. The minimum Gasteiger partial charge on any atom is -0.354 e. The highest BCUT2D eigenvalue weighted by molar-refractivity contribution is 7.99. The topological polar surface area (TPSA) is 59.0 Å². The zero-order valence-electron chi connectivity index (χ0n) is 9.27. The first kappa shape index (κ1) is 11.5. The lowest BCUT2D eigenvalue weighted by molar-refractivity contribution is -0.122. The van der Waals surface area contributed by atoms with E-state index < -0.39 is 0 Å². The Morgan fingerprint density at radius 1 is 1.81 bits per heavy atom. The molecule has 1 amide bonds. The number of nitrogens with zero attached hydrogens (tertiary/aromatic N) is 2. The lowest BCUT2D eigenvalue weighted by atomic mass is 10.3. The van der Waals surface area contributed by atoms with Crippen LogP contribution < -0.4 is 10.6 Å². The van der Waals surface area contributed by atoms with Crippen LogP contribution in [0.15, 0.2) is 12.3 Å². The number of aryl methyl sites for hydroxylation is 1. The molecule has 0 bridgehead atoms. The van der Waals surface area contributed by atoms with Crippen molar-refractivity contribution in [3.63, 3.8) is 0 Å². The Bertz CT molecular complexity index is 359. The van der Waals surface area contributed by atoms with Crippen LogP contribution in [0.4, 0.5) is 0 Å². The van der Waals surface area contributed by atoms with E-state index in [4.69, 9.17) is 0 Å². The van der Waals surface area contributed by atoms with Gasteiger partial charge in [0.2, 0.25) is 5.91 Å². The normalized spacial score (nSPS) is 19.9. The molecule has 1 aromatic rings. The largest absolute Gasteiger partial charge is 0.354 e. The number of thioether (sulfide) groups is 1. The van der Waals surface area contributed by atoms with E-state index in [1.807, 2.05) is 19.3 Å². The van der Waals surface area contributed by atoms with E-state index in [1.54, 1.807) is 16.4 Å². The molecule has 0 radical (unpaired) electrons. The van der Waals surface area contributed by atoms with Crippen LogP contribution in [0, 0.1) is 0 Å². The first-order valence-electron chi connectivity index (χ1n) is 5.33. The summed E-state index contributed by atoms with van der Waals surface area (Å²) in [6.45, 7) is 0.651. The fourth-order valence-corrected chi connectivity index (χ4v) is 2.54. The van der Waals surface area contributed by atoms with Gasteiger partial charge in [-0.25, -0.2) is 0 Å². The standard InChI is InChI=1S/C10H16N4OS/c1-14-5-3-8(13-14)2-4-11-10(15)9-6-16-7-12-9/h3,5,9,12H,2,4,6-7H2,1H3,(H,11,15). The van der Waals surface area contributed by atoms with Crippen LogP contribution in [0.2, 0.25) is 0 Å². The third kappa shape index (κ3) is 2.99. The molecule has 1 aliphatic heterocycles. The van der Waals surface area contributed by atoms with E-state index >= 15 is 0 Å². The quantitative estimate of drug-likeness (QED) is 0.761. The van der Waals surface area contributed by atoms with Crippen molar-refractivity contribution < 1.29 is 4.79 Å². The smallest absolute Gasteiger partial charge is 0.238 e. The minimum absolute atomic E-state index is 0.0197. The molecule has 16 heavy (non-hydrogen) atoms. The maximum Gasteiger partial charge on any atom is 0.238 e. The molecule has 2 N–H and O–H groups in total. The van der Waals surface area contributed by atoms with Gasteiger partial charge in [0.25, 0.3) is 0 Å². The van der Waals surface area contributed by atoms with E-state index in [0.29, 0.717) is 6.54 Å². The van der Waals surface area contributed by atoms with Gasteiger partial charge in [0, 0.05) is 37.8 Å². The molecule has 1 aromatic heterocycles. The zero-order valence-corrected chi connectivity index (χ0v) is 10.1. The average Bonchev–Trinajstić information content (AvgIpc) is 2.89. The predicted octanol–water partition coefficient (Wildman–Crippen LogP) is -0.259. The second-order valence-corrected chi connectivity index (χ2v) is 4.82. The van der Waals surface area contributed by atoms with E-state index in [-0.39, 0.29) is 11.9 Å². The number of hydrogen-bond acceptors (Lipinski definition) is 4. The fraction of sp³-hybridized carbons (Fsp3) is 0.600. The summed E-state index contributed by atoms with van der Waals surface area (Å²) < 4.78 is 1.77. The molecule has 1 saturated heterocycles. The number of carbonyl (C=O) groups is 1. The lowest BCUT2D eigenvalue weighted by Crippen LogP contribution is -2.42. The molecule has 2 heterocycles.